The molecule has 0 bridgehead atoms. The van der Waals surface area contributed by atoms with Crippen LogP contribution in [-0.4, -0.2) is 16.1 Å². The van der Waals surface area contributed by atoms with Crippen LogP contribution in [0.25, 0.3) is 11.3 Å². The van der Waals surface area contributed by atoms with E-state index in [4.69, 9.17) is 11.6 Å². The minimum absolute atomic E-state index is 0.298. The monoisotopic (exact) mass is 382 g/mol. The molecule has 1 aliphatic rings. The summed E-state index contributed by atoms with van der Waals surface area (Å²) in [6.45, 7) is 0. The highest BCUT2D eigenvalue weighted by Gasteiger charge is 2.22. The number of nitrogens with zero attached hydrogens (tertiary/aromatic N) is 2. The van der Waals surface area contributed by atoms with Crippen LogP contribution in [0, 0.1) is 11.3 Å². The highest BCUT2D eigenvalue weighted by molar-refractivity contribution is 7.16. The summed E-state index contributed by atoms with van der Waals surface area (Å²) in [5, 5.41) is 20.6. The molecular formula is C19H15ClN4OS. The number of nitriles is 1. The van der Waals surface area contributed by atoms with Crippen LogP contribution < -0.4 is 5.32 Å². The first kappa shape index (κ1) is 16.8. The van der Waals surface area contributed by atoms with E-state index in [1.165, 1.54) is 16.2 Å². The Hall–Kier alpha value is -2.62. The third kappa shape index (κ3) is 3.12. The lowest BCUT2D eigenvalue weighted by Crippen LogP contribution is -2.12. The van der Waals surface area contributed by atoms with Crippen molar-refractivity contribution >= 4 is 33.8 Å². The van der Waals surface area contributed by atoms with Crippen molar-refractivity contribution in [3.05, 3.63) is 57.1 Å². The fourth-order valence-electron chi connectivity index (χ4n) is 3.15. The molecule has 0 aliphatic heterocycles. The maximum Gasteiger partial charge on any atom is 0.274 e. The van der Waals surface area contributed by atoms with Gasteiger partial charge in [0.05, 0.1) is 11.3 Å². The molecule has 0 fully saturated rings. The van der Waals surface area contributed by atoms with Crippen molar-refractivity contribution in [2.45, 2.75) is 25.7 Å². The minimum atomic E-state index is -0.298. The normalized spacial score (nSPS) is 13.1. The number of aromatic nitrogens is 2. The number of hydrogen-bond acceptors (Lipinski definition) is 4. The van der Waals surface area contributed by atoms with Gasteiger partial charge in [0.25, 0.3) is 5.91 Å². The molecule has 2 heterocycles. The van der Waals surface area contributed by atoms with E-state index >= 15 is 0 Å². The standard InChI is InChI=1S/C19H15ClN4OS/c20-12-7-5-11(6-8-12)15-9-16(24-23-15)18(25)22-19-14(10-21)13-3-1-2-4-17(13)26-19/h5-9H,1-4H2,(H,22,25)(H,23,24). The van der Waals surface area contributed by atoms with Crippen LogP contribution in [0.4, 0.5) is 5.00 Å². The maximum atomic E-state index is 12.6. The van der Waals surface area contributed by atoms with Crippen molar-refractivity contribution in [2.24, 2.45) is 0 Å². The first-order valence-electron chi connectivity index (χ1n) is 8.33. The molecule has 0 unspecified atom stereocenters. The number of carbonyl (C=O) groups is 1. The van der Waals surface area contributed by atoms with E-state index in [9.17, 15) is 10.1 Å². The Bertz CT molecular complexity index is 1010. The first-order valence-corrected chi connectivity index (χ1v) is 9.52. The number of anilines is 1. The minimum Gasteiger partial charge on any atom is -0.311 e. The number of carbonyl (C=O) groups excluding carboxylic acids is 1. The zero-order valence-corrected chi connectivity index (χ0v) is 15.4. The maximum absolute atomic E-state index is 12.6. The zero-order valence-electron chi connectivity index (χ0n) is 13.8. The number of halogens is 1. The summed E-state index contributed by atoms with van der Waals surface area (Å²) in [5.41, 5.74) is 3.60. The Morgan fingerprint density at radius 3 is 2.81 bits per heavy atom. The smallest absolute Gasteiger partial charge is 0.274 e. The fraction of sp³-hybridized carbons (Fsp3) is 0.211. The molecule has 2 aromatic heterocycles. The lowest BCUT2D eigenvalue weighted by molar-refractivity contribution is 0.102. The molecule has 0 saturated heterocycles. The van der Waals surface area contributed by atoms with Crippen LogP contribution in [0.3, 0.4) is 0 Å². The molecular weight excluding hydrogens is 368 g/mol. The van der Waals surface area contributed by atoms with Gasteiger partial charge in [0.2, 0.25) is 0 Å². The molecule has 130 valence electrons. The molecule has 0 radical (unpaired) electrons. The third-order valence-corrected chi connectivity index (χ3v) is 5.93. The second-order valence-corrected chi connectivity index (χ2v) is 7.70. The molecule has 1 aromatic carbocycles. The Labute approximate surface area is 159 Å². The molecule has 0 saturated carbocycles. The highest BCUT2D eigenvalue weighted by atomic mass is 35.5. The van der Waals surface area contributed by atoms with Crippen molar-refractivity contribution in [2.75, 3.05) is 5.32 Å². The summed E-state index contributed by atoms with van der Waals surface area (Å²) in [6, 6.07) is 11.2. The van der Waals surface area contributed by atoms with Gasteiger partial charge in [-0.3, -0.25) is 9.89 Å². The van der Waals surface area contributed by atoms with Crippen LogP contribution in [0.5, 0.6) is 0 Å². The van der Waals surface area contributed by atoms with Gasteiger partial charge in [-0.05, 0) is 49.4 Å². The molecule has 0 spiro atoms. The van der Waals surface area contributed by atoms with Crippen LogP contribution in [0.15, 0.2) is 30.3 Å². The zero-order chi connectivity index (χ0) is 18.1. The topological polar surface area (TPSA) is 81.6 Å². The molecule has 3 aromatic rings. The summed E-state index contributed by atoms with van der Waals surface area (Å²) in [5.74, 6) is -0.298. The van der Waals surface area contributed by atoms with E-state index in [2.05, 4.69) is 21.6 Å². The first-order chi connectivity index (χ1) is 12.7. The van der Waals surface area contributed by atoms with Gasteiger partial charge in [-0.25, -0.2) is 0 Å². The predicted molar refractivity (Wildman–Crippen MR) is 103 cm³/mol. The number of fused-ring (bicyclic) bond motifs is 1. The second-order valence-electron chi connectivity index (χ2n) is 6.15. The summed E-state index contributed by atoms with van der Waals surface area (Å²) >= 11 is 7.41. The number of amides is 1. The summed E-state index contributed by atoms with van der Waals surface area (Å²) in [4.78, 5) is 13.8. The Balaban J connectivity index is 1.57. The van der Waals surface area contributed by atoms with Crippen LogP contribution in [-0.2, 0) is 12.8 Å². The average molecular weight is 383 g/mol. The number of rotatable bonds is 3. The number of aryl methyl sites for hydroxylation is 1. The van der Waals surface area contributed by atoms with Crippen LogP contribution in [0.1, 0.15) is 39.3 Å². The molecule has 1 aliphatic carbocycles. The molecule has 5 nitrogen and oxygen atoms in total. The van der Waals surface area contributed by atoms with E-state index in [1.807, 2.05) is 12.1 Å². The number of nitrogens with one attached hydrogen (secondary N) is 2. The van der Waals surface area contributed by atoms with Crippen LogP contribution >= 0.6 is 22.9 Å². The molecule has 2 N–H and O–H groups in total. The van der Waals surface area contributed by atoms with Crippen LogP contribution in [0.2, 0.25) is 5.02 Å². The predicted octanol–water partition coefficient (Wildman–Crippen LogP) is 4.79. The van der Waals surface area contributed by atoms with Crippen molar-refractivity contribution in [3.8, 4) is 17.3 Å². The number of thiophene rings is 1. The number of hydrogen-bond donors (Lipinski definition) is 2. The molecule has 4 rings (SSSR count). The van der Waals surface area contributed by atoms with E-state index in [1.54, 1.807) is 18.2 Å². The van der Waals surface area contributed by atoms with E-state index in [0.29, 0.717) is 27.0 Å². The Kier molecular flexibility index (Phi) is 4.49. The Morgan fingerprint density at radius 2 is 2.04 bits per heavy atom. The van der Waals surface area contributed by atoms with Gasteiger partial charge in [-0.1, -0.05) is 23.7 Å². The quantitative estimate of drug-likeness (QED) is 0.682. The molecule has 1 amide bonds. The average Bonchev–Trinajstić information content (AvgIpc) is 3.26. The van der Waals surface area contributed by atoms with Crippen molar-refractivity contribution in [1.29, 1.82) is 5.26 Å². The number of aromatic amines is 1. The molecule has 26 heavy (non-hydrogen) atoms. The molecule has 7 heteroatoms. The lowest BCUT2D eigenvalue weighted by atomic mass is 9.96. The van der Waals surface area contributed by atoms with Gasteiger partial charge < -0.3 is 5.32 Å². The van der Waals surface area contributed by atoms with Gasteiger partial charge in [0, 0.05) is 15.5 Å². The number of H-pyrrole nitrogens is 1. The Morgan fingerprint density at radius 1 is 1.27 bits per heavy atom. The van der Waals surface area contributed by atoms with Crippen molar-refractivity contribution in [3.63, 3.8) is 0 Å². The van der Waals surface area contributed by atoms with E-state index < -0.39 is 0 Å². The largest absolute Gasteiger partial charge is 0.311 e. The van der Waals surface area contributed by atoms with Gasteiger partial charge in [0.15, 0.2) is 0 Å². The van der Waals surface area contributed by atoms with Gasteiger partial charge in [-0.2, -0.15) is 10.4 Å². The fourth-order valence-corrected chi connectivity index (χ4v) is 4.51. The summed E-state index contributed by atoms with van der Waals surface area (Å²) < 4.78 is 0. The number of benzene rings is 1. The summed E-state index contributed by atoms with van der Waals surface area (Å²) in [6.07, 6.45) is 4.12. The second kappa shape index (κ2) is 6.94. The third-order valence-electron chi connectivity index (χ3n) is 4.47. The lowest BCUT2D eigenvalue weighted by Gasteiger charge is -2.09. The van der Waals surface area contributed by atoms with Gasteiger partial charge in [-0.15, -0.1) is 11.3 Å². The van der Waals surface area contributed by atoms with E-state index in [0.717, 1.165) is 36.8 Å². The van der Waals surface area contributed by atoms with Crippen molar-refractivity contribution in [1.82, 2.24) is 10.2 Å². The van der Waals surface area contributed by atoms with Crippen molar-refractivity contribution < 1.29 is 4.79 Å². The van der Waals surface area contributed by atoms with Gasteiger partial charge >= 0.3 is 0 Å². The summed E-state index contributed by atoms with van der Waals surface area (Å²) in [7, 11) is 0. The van der Waals surface area contributed by atoms with Gasteiger partial charge in [0.1, 0.15) is 16.8 Å². The van der Waals surface area contributed by atoms with E-state index in [-0.39, 0.29) is 5.91 Å². The molecule has 0 atom stereocenters. The SMILES string of the molecule is N#Cc1c(NC(=O)c2cc(-c3ccc(Cl)cc3)n[nH]2)sc2c1CCCC2. The highest BCUT2D eigenvalue weighted by Crippen LogP contribution is 2.37.